The summed E-state index contributed by atoms with van der Waals surface area (Å²) in [7, 11) is 0. The van der Waals surface area contributed by atoms with Crippen LogP contribution in [0.2, 0.25) is 0 Å². The molecule has 1 aliphatic rings. The van der Waals surface area contributed by atoms with Gasteiger partial charge < -0.3 is 5.11 Å². The summed E-state index contributed by atoms with van der Waals surface area (Å²) >= 11 is 3.50. The highest BCUT2D eigenvalue weighted by atomic mass is 79.9. The Morgan fingerprint density at radius 2 is 2.32 bits per heavy atom. The molecule has 1 saturated heterocycles. The van der Waals surface area contributed by atoms with E-state index in [2.05, 4.69) is 15.9 Å². The van der Waals surface area contributed by atoms with Gasteiger partial charge in [-0.2, -0.15) is 0 Å². The molecule has 3 nitrogen and oxygen atoms in total. The monoisotopic (exact) mass is 329 g/mol. The largest absolute Gasteiger partial charge is 0.481 e. The summed E-state index contributed by atoms with van der Waals surface area (Å²) in [6.45, 7) is 2.91. The molecular weight excluding hydrogens is 313 g/mol. The van der Waals surface area contributed by atoms with Crippen molar-refractivity contribution in [3.8, 4) is 0 Å². The maximum Gasteiger partial charge on any atom is 0.304 e. The normalized spacial score (nSPS) is 23.7. The molecule has 0 spiro atoms. The van der Waals surface area contributed by atoms with Crippen LogP contribution in [0.15, 0.2) is 22.7 Å². The average Bonchev–Trinajstić information content (AvgIpc) is 2.62. The third-order valence-electron chi connectivity index (χ3n) is 3.47. The van der Waals surface area contributed by atoms with Crippen LogP contribution in [-0.4, -0.2) is 34.7 Å². The van der Waals surface area contributed by atoms with E-state index in [9.17, 15) is 9.18 Å². The molecule has 1 heterocycles. The van der Waals surface area contributed by atoms with E-state index in [1.165, 1.54) is 0 Å². The van der Waals surface area contributed by atoms with Crippen LogP contribution in [0.4, 0.5) is 4.39 Å². The van der Waals surface area contributed by atoms with Crippen LogP contribution in [0.1, 0.15) is 24.0 Å². The zero-order valence-corrected chi connectivity index (χ0v) is 12.4. The van der Waals surface area contributed by atoms with Gasteiger partial charge in [0.1, 0.15) is 6.17 Å². The van der Waals surface area contributed by atoms with Gasteiger partial charge in [-0.25, -0.2) is 4.39 Å². The van der Waals surface area contributed by atoms with E-state index in [-0.39, 0.29) is 12.5 Å². The van der Waals surface area contributed by atoms with Crippen molar-refractivity contribution in [2.45, 2.75) is 38.5 Å². The van der Waals surface area contributed by atoms with Gasteiger partial charge in [0.2, 0.25) is 0 Å². The minimum atomic E-state index is -0.923. The second kappa shape index (κ2) is 6.01. The lowest BCUT2D eigenvalue weighted by Crippen LogP contribution is -2.31. The van der Waals surface area contributed by atoms with E-state index in [1.807, 2.05) is 30.0 Å². The molecule has 0 amide bonds. The number of aryl methyl sites for hydroxylation is 1. The lowest BCUT2D eigenvalue weighted by Gasteiger charge is -2.23. The Bertz CT molecular complexity index is 481. The zero-order chi connectivity index (χ0) is 14.0. The van der Waals surface area contributed by atoms with Crippen LogP contribution in [0, 0.1) is 6.92 Å². The molecule has 0 aromatic heterocycles. The van der Waals surface area contributed by atoms with Crippen molar-refractivity contribution in [3.05, 3.63) is 33.8 Å². The van der Waals surface area contributed by atoms with Gasteiger partial charge in [0.05, 0.1) is 6.42 Å². The number of carbonyl (C=O) groups is 1. The Morgan fingerprint density at radius 1 is 1.58 bits per heavy atom. The molecule has 1 N–H and O–H groups in total. The van der Waals surface area contributed by atoms with Crippen molar-refractivity contribution in [2.75, 3.05) is 6.54 Å². The minimum Gasteiger partial charge on any atom is -0.481 e. The number of hydrogen-bond donors (Lipinski definition) is 1. The first kappa shape index (κ1) is 14.5. The second-order valence-electron chi connectivity index (χ2n) is 5.11. The summed E-state index contributed by atoms with van der Waals surface area (Å²) in [5, 5.41) is 8.88. The van der Waals surface area contributed by atoms with Crippen LogP contribution in [0.25, 0.3) is 0 Å². The van der Waals surface area contributed by atoms with Crippen molar-refractivity contribution in [2.24, 2.45) is 0 Å². The first-order valence-electron chi connectivity index (χ1n) is 6.30. The van der Waals surface area contributed by atoms with Crippen molar-refractivity contribution >= 4 is 21.9 Å². The summed E-state index contributed by atoms with van der Waals surface area (Å²) in [6.07, 6.45) is -0.603. The van der Waals surface area contributed by atoms with Gasteiger partial charge in [-0.1, -0.05) is 28.1 Å². The van der Waals surface area contributed by atoms with Crippen molar-refractivity contribution < 1.29 is 14.3 Å². The van der Waals surface area contributed by atoms with Crippen LogP contribution >= 0.6 is 15.9 Å². The average molecular weight is 330 g/mol. The highest BCUT2D eigenvalue weighted by Gasteiger charge is 2.33. The molecule has 19 heavy (non-hydrogen) atoms. The van der Waals surface area contributed by atoms with Gasteiger partial charge in [0.15, 0.2) is 0 Å². The Hall–Kier alpha value is -0.940. The maximum absolute atomic E-state index is 13.5. The quantitative estimate of drug-likeness (QED) is 0.922. The second-order valence-corrected chi connectivity index (χ2v) is 5.96. The molecule has 0 unspecified atom stereocenters. The molecule has 0 saturated carbocycles. The summed E-state index contributed by atoms with van der Waals surface area (Å²) in [5.74, 6) is -0.868. The van der Waals surface area contributed by atoms with Crippen LogP contribution < -0.4 is 0 Å². The highest BCUT2D eigenvalue weighted by molar-refractivity contribution is 9.10. The fourth-order valence-electron chi connectivity index (χ4n) is 2.53. The Balaban J connectivity index is 2.09. The van der Waals surface area contributed by atoms with Crippen LogP contribution in [-0.2, 0) is 11.3 Å². The number of hydrogen-bond acceptors (Lipinski definition) is 2. The highest BCUT2D eigenvalue weighted by Crippen LogP contribution is 2.27. The maximum atomic E-state index is 13.5. The topological polar surface area (TPSA) is 40.5 Å². The standard InChI is InChI=1S/C14H17BrFNO2/c1-9-2-3-10(13(15)4-9)7-17-8-11(16)5-12(17)6-14(18)19/h2-4,11-12H,5-8H2,1H3,(H,18,19)/t11-,12-/m0/s1. The first-order chi connectivity index (χ1) is 8.95. The molecule has 104 valence electrons. The number of rotatable bonds is 4. The number of carboxylic acid groups (broad SMARTS) is 1. The predicted molar refractivity (Wildman–Crippen MR) is 74.8 cm³/mol. The van der Waals surface area contributed by atoms with Gasteiger partial charge >= 0.3 is 5.97 Å². The molecule has 5 heteroatoms. The number of alkyl halides is 1. The van der Waals surface area contributed by atoms with E-state index >= 15 is 0 Å². The van der Waals surface area contributed by atoms with E-state index in [0.717, 1.165) is 15.6 Å². The number of carboxylic acids is 1. The lowest BCUT2D eigenvalue weighted by atomic mass is 10.1. The predicted octanol–water partition coefficient (Wildman–Crippen LogP) is 3.14. The van der Waals surface area contributed by atoms with Gasteiger partial charge in [0.25, 0.3) is 0 Å². The van der Waals surface area contributed by atoms with E-state index in [1.54, 1.807) is 0 Å². The minimum absolute atomic E-state index is 0.00387. The molecule has 1 aromatic rings. The fraction of sp³-hybridized carbons (Fsp3) is 0.500. The lowest BCUT2D eigenvalue weighted by molar-refractivity contribution is -0.138. The molecule has 0 aliphatic carbocycles. The van der Waals surface area contributed by atoms with Crippen molar-refractivity contribution in [1.82, 2.24) is 4.90 Å². The molecule has 2 atom stereocenters. The fourth-order valence-corrected chi connectivity index (χ4v) is 3.15. The number of aliphatic carboxylic acids is 1. The summed E-state index contributed by atoms with van der Waals surface area (Å²) in [5.41, 5.74) is 2.22. The summed E-state index contributed by atoms with van der Waals surface area (Å²) in [4.78, 5) is 12.7. The summed E-state index contributed by atoms with van der Waals surface area (Å²) in [6, 6.07) is 5.82. The summed E-state index contributed by atoms with van der Waals surface area (Å²) < 4.78 is 14.5. The Labute approximate surface area is 120 Å². The van der Waals surface area contributed by atoms with Gasteiger partial charge in [-0.15, -0.1) is 0 Å². The molecule has 0 bridgehead atoms. The number of benzene rings is 1. The smallest absolute Gasteiger partial charge is 0.304 e. The van der Waals surface area contributed by atoms with E-state index in [0.29, 0.717) is 19.5 Å². The first-order valence-corrected chi connectivity index (χ1v) is 7.10. The molecule has 2 rings (SSSR count). The van der Waals surface area contributed by atoms with Gasteiger partial charge in [-0.05, 0) is 30.5 Å². The molecule has 1 fully saturated rings. The number of likely N-dealkylation sites (tertiary alicyclic amines) is 1. The van der Waals surface area contributed by atoms with Gasteiger partial charge in [0, 0.05) is 23.6 Å². The zero-order valence-electron chi connectivity index (χ0n) is 10.8. The van der Waals surface area contributed by atoms with Crippen molar-refractivity contribution in [1.29, 1.82) is 0 Å². The van der Waals surface area contributed by atoms with E-state index in [4.69, 9.17) is 5.11 Å². The van der Waals surface area contributed by atoms with Gasteiger partial charge in [-0.3, -0.25) is 9.69 Å². The third-order valence-corrected chi connectivity index (χ3v) is 4.21. The number of nitrogens with zero attached hydrogens (tertiary/aromatic N) is 1. The molecule has 1 aliphatic heterocycles. The Morgan fingerprint density at radius 3 is 2.95 bits per heavy atom. The SMILES string of the molecule is Cc1ccc(CN2C[C@@H](F)C[C@H]2CC(=O)O)c(Br)c1. The Kier molecular flexibility index (Phi) is 4.58. The molecule has 0 radical (unpaired) electrons. The number of halogens is 2. The molecular formula is C14H17BrFNO2. The van der Waals surface area contributed by atoms with Crippen molar-refractivity contribution in [3.63, 3.8) is 0 Å². The third kappa shape index (κ3) is 3.76. The van der Waals surface area contributed by atoms with Crippen LogP contribution in [0.3, 0.4) is 0 Å². The van der Waals surface area contributed by atoms with Crippen LogP contribution in [0.5, 0.6) is 0 Å². The molecule has 1 aromatic carbocycles. The van der Waals surface area contributed by atoms with E-state index < -0.39 is 12.1 Å².